The summed E-state index contributed by atoms with van der Waals surface area (Å²) in [5, 5.41) is 3.14. The van der Waals surface area contributed by atoms with Crippen LogP contribution in [0, 0.1) is 6.92 Å². The Labute approximate surface area is 161 Å². The fourth-order valence-corrected chi connectivity index (χ4v) is 3.45. The Kier molecular flexibility index (Phi) is 6.48. The number of carbonyl (C=O) groups excluding carboxylic acids is 1. The van der Waals surface area contributed by atoms with E-state index in [2.05, 4.69) is 39.4 Å². The van der Waals surface area contributed by atoms with Gasteiger partial charge in [-0.3, -0.25) is 9.69 Å². The fraction of sp³-hybridized carbons (Fsp3) is 0.409. The number of benzene rings is 2. The van der Waals surface area contributed by atoms with Crippen LogP contribution in [0.5, 0.6) is 0 Å². The molecule has 5 heteroatoms. The molecule has 1 unspecified atom stereocenters. The number of rotatable bonds is 6. The highest BCUT2D eigenvalue weighted by Crippen LogP contribution is 2.24. The Morgan fingerprint density at radius 2 is 1.78 bits per heavy atom. The van der Waals surface area contributed by atoms with Crippen molar-refractivity contribution in [2.24, 2.45) is 0 Å². The van der Waals surface area contributed by atoms with Crippen molar-refractivity contribution in [2.45, 2.75) is 13.0 Å². The first kappa shape index (κ1) is 19.4. The zero-order valence-corrected chi connectivity index (χ0v) is 16.4. The zero-order valence-electron chi connectivity index (χ0n) is 16.4. The third-order valence-electron chi connectivity index (χ3n) is 5.13. The molecular formula is C22H29N3O2. The number of morpholine rings is 1. The van der Waals surface area contributed by atoms with E-state index in [9.17, 15) is 4.79 Å². The largest absolute Gasteiger partial charge is 0.379 e. The van der Waals surface area contributed by atoms with Crippen LogP contribution in [0.15, 0.2) is 48.5 Å². The smallest absolute Gasteiger partial charge is 0.251 e. The topological polar surface area (TPSA) is 44.8 Å². The van der Waals surface area contributed by atoms with Gasteiger partial charge in [-0.1, -0.05) is 30.3 Å². The van der Waals surface area contributed by atoms with Crippen molar-refractivity contribution in [1.29, 1.82) is 0 Å². The van der Waals surface area contributed by atoms with Crippen molar-refractivity contribution in [3.05, 3.63) is 65.2 Å². The highest BCUT2D eigenvalue weighted by Gasteiger charge is 2.23. The number of ether oxygens (including phenoxy) is 1. The SMILES string of the molecule is Cc1ccccc1C(=O)NCC(c1ccc(N(C)C)cc1)N1CCOCC1. The maximum absolute atomic E-state index is 12.7. The zero-order chi connectivity index (χ0) is 19.2. The maximum Gasteiger partial charge on any atom is 0.251 e. The van der Waals surface area contributed by atoms with Crippen LogP contribution in [0.4, 0.5) is 5.69 Å². The van der Waals surface area contributed by atoms with Gasteiger partial charge in [0.05, 0.1) is 19.3 Å². The van der Waals surface area contributed by atoms with Gasteiger partial charge in [0.1, 0.15) is 0 Å². The third-order valence-corrected chi connectivity index (χ3v) is 5.13. The maximum atomic E-state index is 12.7. The number of nitrogens with zero attached hydrogens (tertiary/aromatic N) is 2. The molecule has 2 aromatic carbocycles. The standard InChI is InChI=1S/C22H29N3O2/c1-17-6-4-5-7-20(17)22(26)23-16-21(25-12-14-27-15-13-25)18-8-10-19(11-9-18)24(2)3/h4-11,21H,12-16H2,1-3H3,(H,23,26). The van der Waals surface area contributed by atoms with Crippen LogP contribution in [-0.2, 0) is 4.74 Å². The lowest BCUT2D eigenvalue weighted by atomic mass is 10.0. The first-order valence-corrected chi connectivity index (χ1v) is 9.49. The minimum Gasteiger partial charge on any atom is -0.379 e. The van der Waals surface area contributed by atoms with Crippen LogP contribution in [0.3, 0.4) is 0 Å². The van der Waals surface area contributed by atoms with E-state index < -0.39 is 0 Å². The van der Waals surface area contributed by atoms with Gasteiger partial charge in [-0.15, -0.1) is 0 Å². The van der Waals surface area contributed by atoms with Crippen molar-refractivity contribution in [3.63, 3.8) is 0 Å². The molecule has 0 spiro atoms. The van der Waals surface area contributed by atoms with E-state index in [-0.39, 0.29) is 11.9 Å². The minimum absolute atomic E-state index is 0.0173. The molecule has 1 amide bonds. The van der Waals surface area contributed by atoms with Crippen molar-refractivity contribution < 1.29 is 9.53 Å². The highest BCUT2D eigenvalue weighted by atomic mass is 16.5. The number of amides is 1. The summed E-state index contributed by atoms with van der Waals surface area (Å²) in [5.41, 5.74) is 4.12. The summed E-state index contributed by atoms with van der Waals surface area (Å²) in [6, 6.07) is 16.4. The lowest BCUT2D eigenvalue weighted by Crippen LogP contribution is -2.43. The van der Waals surface area contributed by atoms with Gasteiger partial charge in [0.2, 0.25) is 0 Å². The fourth-order valence-electron chi connectivity index (χ4n) is 3.45. The molecule has 0 aliphatic carbocycles. The lowest BCUT2D eigenvalue weighted by Gasteiger charge is -2.35. The molecule has 2 aromatic rings. The molecule has 1 aliphatic rings. The van der Waals surface area contributed by atoms with E-state index in [1.54, 1.807) is 0 Å². The number of carbonyl (C=O) groups is 1. The second kappa shape index (κ2) is 9.02. The van der Waals surface area contributed by atoms with Crippen molar-refractivity contribution in [3.8, 4) is 0 Å². The molecule has 1 atom stereocenters. The number of nitrogens with one attached hydrogen (secondary N) is 1. The summed E-state index contributed by atoms with van der Waals surface area (Å²) >= 11 is 0. The van der Waals surface area contributed by atoms with Gasteiger partial charge in [-0.05, 0) is 36.2 Å². The molecule has 1 fully saturated rings. The van der Waals surface area contributed by atoms with Crippen LogP contribution in [0.1, 0.15) is 27.5 Å². The molecule has 1 N–H and O–H groups in total. The molecular weight excluding hydrogens is 338 g/mol. The van der Waals surface area contributed by atoms with E-state index >= 15 is 0 Å². The summed E-state index contributed by atoms with van der Waals surface area (Å²) < 4.78 is 5.51. The second-order valence-corrected chi connectivity index (χ2v) is 7.18. The van der Waals surface area contributed by atoms with Gasteiger partial charge >= 0.3 is 0 Å². The lowest BCUT2D eigenvalue weighted by molar-refractivity contribution is 0.0162. The molecule has 0 saturated carbocycles. The monoisotopic (exact) mass is 367 g/mol. The predicted molar refractivity (Wildman–Crippen MR) is 109 cm³/mol. The van der Waals surface area contributed by atoms with E-state index in [1.807, 2.05) is 45.3 Å². The first-order valence-electron chi connectivity index (χ1n) is 9.49. The highest BCUT2D eigenvalue weighted by molar-refractivity contribution is 5.95. The van der Waals surface area contributed by atoms with Gasteiger partial charge in [-0.25, -0.2) is 0 Å². The summed E-state index contributed by atoms with van der Waals surface area (Å²) in [6.45, 7) is 5.76. The second-order valence-electron chi connectivity index (χ2n) is 7.18. The molecule has 0 bridgehead atoms. The van der Waals surface area contributed by atoms with Gasteiger partial charge in [0.15, 0.2) is 0 Å². The molecule has 0 aromatic heterocycles. The molecule has 3 rings (SSSR count). The van der Waals surface area contributed by atoms with Gasteiger partial charge < -0.3 is 15.0 Å². The number of hydrogen-bond acceptors (Lipinski definition) is 4. The summed E-state index contributed by atoms with van der Waals surface area (Å²) in [5.74, 6) is -0.0173. The average Bonchev–Trinajstić information content (AvgIpc) is 2.69. The first-order chi connectivity index (χ1) is 13.1. The van der Waals surface area contributed by atoms with Gasteiger partial charge in [0.25, 0.3) is 5.91 Å². The Morgan fingerprint density at radius 3 is 2.41 bits per heavy atom. The van der Waals surface area contributed by atoms with Crippen LogP contribution in [0.25, 0.3) is 0 Å². The number of anilines is 1. The van der Waals surface area contributed by atoms with Crippen molar-refractivity contribution in [2.75, 3.05) is 51.8 Å². The Bertz CT molecular complexity index is 752. The molecule has 1 heterocycles. The molecule has 27 heavy (non-hydrogen) atoms. The Hall–Kier alpha value is -2.37. The van der Waals surface area contributed by atoms with Crippen LogP contribution >= 0.6 is 0 Å². The molecule has 1 saturated heterocycles. The quantitative estimate of drug-likeness (QED) is 0.853. The average molecular weight is 367 g/mol. The predicted octanol–water partition coefficient (Wildman–Crippen LogP) is 2.86. The van der Waals surface area contributed by atoms with Gasteiger partial charge in [0, 0.05) is 45.0 Å². The van der Waals surface area contributed by atoms with E-state index in [0.29, 0.717) is 6.54 Å². The van der Waals surface area contributed by atoms with Crippen LogP contribution < -0.4 is 10.2 Å². The number of hydrogen-bond donors (Lipinski definition) is 1. The Balaban J connectivity index is 1.75. The molecule has 144 valence electrons. The summed E-state index contributed by atoms with van der Waals surface area (Å²) in [6.07, 6.45) is 0. The van der Waals surface area contributed by atoms with Crippen molar-refractivity contribution >= 4 is 11.6 Å². The molecule has 1 aliphatic heterocycles. The summed E-state index contributed by atoms with van der Waals surface area (Å²) in [4.78, 5) is 17.2. The molecule has 5 nitrogen and oxygen atoms in total. The third kappa shape index (κ3) is 4.87. The summed E-state index contributed by atoms with van der Waals surface area (Å²) in [7, 11) is 4.08. The number of aryl methyl sites for hydroxylation is 1. The van der Waals surface area contributed by atoms with E-state index in [0.717, 1.165) is 37.4 Å². The minimum atomic E-state index is -0.0173. The van der Waals surface area contributed by atoms with Gasteiger partial charge in [-0.2, -0.15) is 0 Å². The van der Waals surface area contributed by atoms with Crippen LogP contribution in [-0.4, -0.2) is 57.8 Å². The van der Waals surface area contributed by atoms with Crippen LogP contribution in [0.2, 0.25) is 0 Å². The van der Waals surface area contributed by atoms with Crippen molar-refractivity contribution in [1.82, 2.24) is 10.2 Å². The van der Waals surface area contributed by atoms with E-state index in [1.165, 1.54) is 11.3 Å². The van der Waals surface area contributed by atoms with E-state index in [4.69, 9.17) is 4.74 Å². The Morgan fingerprint density at radius 1 is 1.11 bits per heavy atom. The molecule has 0 radical (unpaired) electrons. The normalized spacial score (nSPS) is 16.0.